The quantitative estimate of drug-likeness (QED) is 0.818. The molecule has 1 rings (SSSR count). The number of amides is 1. The minimum absolute atomic E-state index is 0.0403. The first kappa shape index (κ1) is 12.8. The topological polar surface area (TPSA) is 29.5 Å². The van der Waals surface area contributed by atoms with Gasteiger partial charge < -0.3 is 9.64 Å². The van der Waals surface area contributed by atoms with Crippen molar-refractivity contribution >= 4 is 17.7 Å². The molecule has 16 heavy (non-hydrogen) atoms. The van der Waals surface area contributed by atoms with Gasteiger partial charge in [-0.25, -0.2) is 9.18 Å². The lowest BCUT2D eigenvalue weighted by Crippen LogP contribution is -2.33. The standard InChI is InChI=1S/C11H13ClFNO2/c1-3-14(4-2)11(15)16-9-7-5-6-8(13)10(9)12/h5-7H,3-4H2,1-2H3. The zero-order valence-electron chi connectivity index (χ0n) is 9.17. The fourth-order valence-electron chi connectivity index (χ4n) is 1.20. The van der Waals surface area contributed by atoms with Gasteiger partial charge in [-0.15, -0.1) is 0 Å². The van der Waals surface area contributed by atoms with E-state index in [1.54, 1.807) is 0 Å². The van der Waals surface area contributed by atoms with E-state index in [1.165, 1.54) is 23.1 Å². The molecular weight excluding hydrogens is 233 g/mol. The van der Waals surface area contributed by atoms with Crippen LogP contribution >= 0.6 is 11.6 Å². The van der Waals surface area contributed by atoms with Crippen LogP contribution in [0.2, 0.25) is 5.02 Å². The molecule has 0 saturated heterocycles. The molecule has 0 radical (unpaired) electrons. The molecule has 0 heterocycles. The molecule has 0 N–H and O–H groups in total. The van der Waals surface area contributed by atoms with Crippen LogP contribution in [-0.2, 0) is 0 Å². The Morgan fingerprint density at radius 1 is 1.44 bits per heavy atom. The van der Waals surface area contributed by atoms with Crippen LogP contribution in [0.4, 0.5) is 9.18 Å². The second kappa shape index (κ2) is 5.70. The zero-order chi connectivity index (χ0) is 12.1. The molecule has 0 aliphatic rings. The van der Waals surface area contributed by atoms with Crippen molar-refractivity contribution in [2.45, 2.75) is 13.8 Å². The summed E-state index contributed by atoms with van der Waals surface area (Å²) in [4.78, 5) is 13.0. The fourth-order valence-corrected chi connectivity index (χ4v) is 1.37. The van der Waals surface area contributed by atoms with Gasteiger partial charge in [0, 0.05) is 13.1 Å². The van der Waals surface area contributed by atoms with Crippen LogP contribution in [0.3, 0.4) is 0 Å². The van der Waals surface area contributed by atoms with Crippen molar-refractivity contribution in [1.82, 2.24) is 4.90 Å². The Morgan fingerprint density at radius 3 is 2.62 bits per heavy atom. The largest absolute Gasteiger partial charge is 0.415 e. The lowest BCUT2D eigenvalue weighted by atomic mass is 10.3. The highest BCUT2D eigenvalue weighted by molar-refractivity contribution is 6.32. The van der Waals surface area contributed by atoms with Gasteiger partial charge in [-0.2, -0.15) is 0 Å². The molecule has 0 aliphatic heterocycles. The number of rotatable bonds is 3. The third kappa shape index (κ3) is 2.85. The average molecular weight is 246 g/mol. The van der Waals surface area contributed by atoms with E-state index in [0.717, 1.165) is 0 Å². The van der Waals surface area contributed by atoms with Crippen molar-refractivity contribution in [1.29, 1.82) is 0 Å². The second-order valence-electron chi connectivity index (χ2n) is 3.09. The van der Waals surface area contributed by atoms with E-state index in [4.69, 9.17) is 16.3 Å². The summed E-state index contributed by atoms with van der Waals surface area (Å²) in [5.74, 6) is -0.565. The molecule has 0 atom stereocenters. The van der Waals surface area contributed by atoms with E-state index >= 15 is 0 Å². The molecule has 88 valence electrons. The maximum absolute atomic E-state index is 13.1. The van der Waals surface area contributed by atoms with E-state index in [-0.39, 0.29) is 10.8 Å². The third-order valence-corrected chi connectivity index (χ3v) is 2.50. The SMILES string of the molecule is CCN(CC)C(=O)Oc1cccc(F)c1Cl. The van der Waals surface area contributed by atoms with Gasteiger partial charge in [0.05, 0.1) is 0 Å². The van der Waals surface area contributed by atoms with Crippen molar-refractivity contribution in [2.24, 2.45) is 0 Å². The van der Waals surface area contributed by atoms with Gasteiger partial charge in [0.1, 0.15) is 10.8 Å². The molecule has 1 aromatic carbocycles. The molecule has 0 fully saturated rings. The third-order valence-electron chi connectivity index (χ3n) is 2.14. The first-order chi connectivity index (χ1) is 7.60. The van der Waals surface area contributed by atoms with Gasteiger partial charge in [-0.1, -0.05) is 17.7 Å². The van der Waals surface area contributed by atoms with Crippen molar-refractivity contribution in [3.63, 3.8) is 0 Å². The van der Waals surface area contributed by atoms with Crippen molar-refractivity contribution in [3.8, 4) is 5.75 Å². The molecular formula is C11H13ClFNO2. The van der Waals surface area contributed by atoms with Crippen LogP contribution < -0.4 is 4.74 Å². The summed E-state index contributed by atoms with van der Waals surface area (Å²) < 4.78 is 18.0. The molecule has 0 bridgehead atoms. The van der Waals surface area contributed by atoms with E-state index in [0.29, 0.717) is 13.1 Å². The Morgan fingerprint density at radius 2 is 2.06 bits per heavy atom. The van der Waals surface area contributed by atoms with Gasteiger partial charge in [-0.05, 0) is 26.0 Å². The van der Waals surface area contributed by atoms with E-state index in [9.17, 15) is 9.18 Å². The molecule has 0 spiro atoms. The number of nitrogens with zero attached hydrogens (tertiary/aromatic N) is 1. The zero-order valence-corrected chi connectivity index (χ0v) is 9.92. The van der Waals surface area contributed by atoms with Crippen molar-refractivity contribution in [3.05, 3.63) is 29.0 Å². The predicted molar refractivity (Wildman–Crippen MR) is 60.4 cm³/mol. The van der Waals surface area contributed by atoms with Gasteiger partial charge in [0.25, 0.3) is 0 Å². The number of carbonyl (C=O) groups is 1. The van der Waals surface area contributed by atoms with Crippen LogP contribution in [0.1, 0.15) is 13.8 Å². The summed E-state index contributed by atoms with van der Waals surface area (Å²) in [6.45, 7) is 4.72. The van der Waals surface area contributed by atoms with E-state index < -0.39 is 11.9 Å². The maximum Gasteiger partial charge on any atom is 0.415 e. The number of halogens is 2. The number of hydrogen-bond donors (Lipinski definition) is 0. The second-order valence-corrected chi connectivity index (χ2v) is 3.47. The first-order valence-electron chi connectivity index (χ1n) is 5.00. The Hall–Kier alpha value is -1.29. The molecule has 1 aromatic rings. The van der Waals surface area contributed by atoms with Crippen LogP contribution in [0.25, 0.3) is 0 Å². The summed E-state index contributed by atoms with van der Waals surface area (Å²) in [6.07, 6.45) is -0.530. The summed E-state index contributed by atoms with van der Waals surface area (Å²) >= 11 is 5.66. The highest BCUT2D eigenvalue weighted by Crippen LogP contribution is 2.27. The highest BCUT2D eigenvalue weighted by Gasteiger charge is 2.15. The molecule has 0 saturated carbocycles. The van der Waals surface area contributed by atoms with Gasteiger partial charge >= 0.3 is 6.09 Å². The van der Waals surface area contributed by atoms with E-state index in [2.05, 4.69) is 0 Å². The summed E-state index contributed by atoms with van der Waals surface area (Å²) in [7, 11) is 0. The minimum atomic E-state index is -0.605. The lowest BCUT2D eigenvalue weighted by molar-refractivity contribution is 0.157. The predicted octanol–water partition coefficient (Wildman–Crippen LogP) is 3.32. The summed E-state index contributed by atoms with van der Waals surface area (Å²) in [5, 5.41) is -0.178. The Balaban J connectivity index is 2.80. The Kier molecular flexibility index (Phi) is 4.55. The van der Waals surface area contributed by atoms with E-state index in [1.807, 2.05) is 13.8 Å². The summed E-state index contributed by atoms with van der Waals surface area (Å²) in [6, 6.07) is 4.09. The molecule has 0 aromatic heterocycles. The average Bonchev–Trinajstić information content (AvgIpc) is 2.26. The monoisotopic (exact) mass is 245 g/mol. The first-order valence-corrected chi connectivity index (χ1v) is 5.38. The molecule has 1 amide bonds. The van der Waals surface area contributed by atoms with Gasteiger partial charge in [0.2, 0.25) is 0 Å². The number of hydrogen-bond acceptors (Lipinski definition) is 2. The lowest BCUT2D eigenvalue weighted by Gasteiger charge is -2.18. The Bertz CT molecular complexity index is 380. The number of carbonyl (C=O) groups excluding carboxylic acids is 1. The molecule has 3 nitrogen and oxygen atoms in total. The van der Waals surface area contributed by atoms with Crippen LogP contribution in [-0.4, -0.2) is 24.1 Å². The smallest absolute Gasteiger partial charge is 0.408 e. The molecule has 0 aliphatic carbocycles. The molecule has 0 unspecified atom stereocenters. The van der Waals surface area contributed by atoms with Crippen molar-refractivity contribution in [2.75, 3.05) is 13.1 Å². The van der Waals surface area contributed by atoms with Gasteiger partial charge in [-0.3, -0.25) is 0 Å². The number of benzene rings is 1. The van der Waals surface area contributed by atoms with Crippen LogP contribution in [0, 0.1) is 5.82 Å². The van der Waals surface area contributed by atoms with Crippen LogP contribution in [0.5, 0.6) is 5.75 Å². The van der Waals surface area contributed by atoms with Crippen molar-refractivity contribution < 1.29 is 13.9 Å². The summed E-state index contributed by atoms with van der Waals surface area (Å²) in [5.41, 5.74) is 0. The number of ether oxygens (including phenoxy) is 1. The maximum atomic E-state index is 13.1. The highest BCUT2D eigenvalue weighted by atomic mass is 35.5. The van der Waals surface area contributed by atoms with Crippen LogP contribution in [0.15, 0.2) is 18.2 Å². The Labute approximate surface area is 98.8 Å². The normalized spacial score (nSPS) is 10.0. The fraction of sp³-hybridized carbons (Fsp3) is 0.364. The molecule has 5 heteroatoms. The van der Waals surface area contributed by atoms with Gasteiger partial charge in [0.15, 0.2) is 5.75 Å². The minimum Gasteiger partial charge on any atom is -0.408 e.